The first-order valence-corrected chi connectivity index (χ1v) is 4.80. The number of benzene rings is 1. The molecule has 1 atom stereocenters. The molecule has 0 saturated carbocycles. The first kappa shape index (κ1) is 12.8. The monoisotopic (exact) mass is 230 g/mol. The Morgan fingerprint density at radius 1 is 1.44 bits per heavy atom. The van der Waals surface area contributed by atoms with Crippen molar-refractivity contribution in [3.8, 4) is 0 Å². The van der Waals surface area contributed by atoms with Crippen LogP contribution in [0, 0.1) is 0 Å². The standard InChI is InChI=1S/C12H13F3O/c1-8(2)6-11(16)9-4-3-5-10(7-9)12(13,14)15/h3-5,7,11,16H,1,6H2,2H3/t11-/m1/s1. The normalized spacial score (nSPS) is 13.6. The molecule has 16 heavy (non-hydrogen) atoms. The lowest BCUT2D eigenvalue weighted by molar-refractivity contribution is -0.137. The molecule has 0 aliphatic heterocycles. The lowest BCUT2D eigenvalue weighted by Crippen LogP contribution is -2.06. The molecule has 0 fully saturated rings. The number of alkyl halides is 3. The van der Waals surface area contributed by atoms with E-state index in [0.29, 0.717) is 0 Å². The van der Waals surface area contributed by atoms with E-state index in [1.165, 1.54) is 12.1 Å². The summed E-state index contributed by atoms with van der Waals surface area (Å²) in [6.07, 6.45) is -5.04. The Balaban J connectivity index is 2.94. The highest BCUT2D eigenvalue weighted by molar-refractivity contribution is 5.27. The van der Waals surface area contributed by atoms with Crippen molar-refractivity contribution in [3.05, 3.63) is 47.5 Å². The van der Waals surface area contributed by atoms with Gasteiger partial charge < -0.3 is 5.11 Å². The van der Waals surface area contributed by atoms with Crippen LogP contribution in [0.1, 0.15) is 30.6 Å². The highest BCUT2D eigenvalue weighted by atomic mass is 19.4. The third-order valence-corrected chi connectivity index (χ3v) is 2.14. The number of aliphatic hydroxyl groups is 1. The molecule has 0 unspecified atom stereocenters. The fourth-order valence-corrected chi connectivity index (χ4v) is 1.37. The molecule has 0 aromatic heterocycles. The van der Waals surface area contributed by atoms with E-state index in [2.05, 4.69) is 6.58 Å². The fraction of sp³-hybridized carbons (Fsp3) is 0.333. The van der Waals surface area contributed by atoms with Crippen LogP contribution in [-0.4, -0.2) is 5.11 Å². The summed E-state index contributed by atoms with van der Waals surface area (Å²) in [6.45, 7) is 5.33. The SMILES string of the molecule is C=C(C)C[C@@H](O)c1cccc(C(F)(F)F)c1. The second-order valence-electron chi connectivity index (χ2n) is 3.80. The van der Waals surface area contributed by atoms with Gasteiger partial charge in [0.05, 0.1) is 11.7 Å². The Bertz CT molecular complexity index is 382. The maximum absolute atomic E-state index is 12.4. The summed E-state index contributed by atoms with van der Waals surface area (Å²) in [4.78, 5) is 0. The van der Waals surface area contributed by atoms with Crippen LogP contribution in [0.25, 0.3) is 0 Å². The van der Waals surface area contributed by atoms with E-state index >= 15 is 0 Å². The number of rotatable bonds is 3. The van der Waals surface area contributed by atoms with E-state index in [-0.39, 0.29) is 12.0 Å². The van der Waals surface area contributed by atoms with Crippen molar-refractivity contribution in [1.82, 2.24) is 0 Å². The lowest BCUT2D eigenvalue weighted by atomic mass is 10.0. The molecule has 1 N–H and O–H groups in total. The minimum Gasteiger partial charge on any atom is -0.388 e. The quantitative estimate of drug-likeness (QED) is 0.785. The van der Waals surface area contributed by atoms with E-state index in [1.54, 1.807) is 6.92 Å². The Hall–Kier alpha value is -1.29. The molecular weight excluding hydrogens is 217 g/mol. The molecule has 1 rings (SSSR count). The summed E-state index contributed by atoms with van der Waals surface area (Å²) in [6, 6.07) is 4.72. The van der Waals surface area contributed by atoms with Crippen molar-refractivity contribution in [3.63, 3.8) is 0 Å². The molecule has 1 nitrogen and oxygen atoms in total. The highest BCUT2D eigenvalue weighted by Crippen LogP contribution is 2.31. The Morgan fingerprint density at radius 3 is 2.56 bits per heavy atom. The van der Waals surface area contributed by atoms with Gasteiger partial charge in [0.25, 0.3) is 0 Å². The summed E-state index contributed by atoms with van der Waals surface area (Å²) < 4.78 is 37.2. The Kier molecular flexibility index (Phi) is 3.75. The van der Waals surface area contributed by atoms with E-state index in [4.69, 9.17) is 0 Å². The molecule has 0 saturated heterocycles. The van der Waals surface area contributed by atoms with Crippen molar-refractivity contribution >= 4 is 0 Å². The van der Waals surface area contributed by atoms with Crippen molar-refractivity contribution in [1.29, 1.82) is 0 Å². The molecule has 88 valence electrons. The number of hydrogen-bond donors (Lipinski definition) is 1. The average Bonchev–Trinajstić information content (AvgIpc) is 2.15. The smallest absolute Gasteiger partial charge is 0.388 e. The van der Waals surface area contributed by atoms with Gasteiger partial charge in [-0.1, -0.05) is 17.7 Å². The van der Waals surface area contributed by atoms with E-state index in [0.717, 1.165) is 17.7 Å². The average molecular weight is 230 g/mol. The summed E-state index contributed by atoms with van der Waals surface area (Å²) >= 11 is 0. The van der Waals surface area contributed by atoms with Crippen LogP contribution in [0.4, 0.5) is 13.2 Å². The fourth-order valence-electron chi connectivity index (χ4n) is 1.37. The molecular formula is C12H13F3O. The maximum Gasteiger partial charge on any atom is 0.416 e. The van der Waals surface area contributed by atoms with Crippen molar-refractivity contribution in [2.45, 2.75) is 25.6 Å². The van der Waals surface area contributed by atoms with Crippen molar-refractivity contribution < 1.29 is 18.3 Å². The number of halogens is 3. The molecule has 1 aromatic rings. The Labute approximate surface area is 92.2 Å². The number of hydrogen-bond acceptors (Lipinski definition) is 1. The molecule has 0 aliphatic rings. The molecule has 0 radical (unpaired) electrons. The molecule has 0 heterocycles. The van der Waals surface area contributed by atoms with Gasteiger partial charge in [-0.05, 0) is 31.0 Å². The molecule has 0 amide bonds. The van der Waals surface area contributed by atoms with Gasteiger partial charge in [-0.3, -0.25) is 0 Å². The summed E-state index contributed by atoms with van der Waals surface area (Å²) in [5.74, 6) is 0. The third-order valence-electron chi connectivity index (χ3n) is 2.14. The predicted molar refractivity (Wildman–Crippen MR) is 55.8 cm³/mol. The second-order valence-corrected chi connectivity index (χ2v) is 3.80. The topological polar surface area (TPSA) is 20.2 Å². The predicted octanol–water partition coefficient (Wildman–Crippen LogP) is 3.71. The molecule has 0 spiro atoms. The van der Waals surface area contributed by atoms with Gasteiger partial charge in [-0.2, -0.15) is 13.2 Å². The van der Waals surface area contributed by atoms with E-state index in [1.807, 2.05) is 0 Å². The first-order chi connectivity index (χ1) is 7.30. The van der Waals surface area contributed by atoms with Crippen molar-refractivity contribution in [2.75, 3.05) is 0 Å². The minimum absolute atomic E-state index is 0.262. The van der Waals surface area contributed by atoms with Gasteiger partial charge in [0.15, 0.2) is 0 Å². The highest BCUT2D eigenvalue weighted by Gasteiger charge is 2.30. The van der Waals surface area contributed by atoms with Gasteiger partial charge in [0.1, 0.15) is 0 Å². The largest absolute Gasteiger partial charge is 0.416 e. The summed E-state index contributed by atoms with van der Waals surface area (Å²) in [7, 11) is 0. The van der Waals surface area contributed by atoms with Crippen LogP contribution < -0.4 is 0 Å². The van der Waals surface area contributed by atoms with Crippen LogP contribution in [-0.2, 0) is 6.18 Å². The molecule has 0 aliphatic carbocycles. The molecule has 1 aromatic carbocycles. The second kappa shape index (κ2) is 4.70. The van der Waals surface area contributed by atoms with E-state index < -0.39 is 17.8 Å². The third kappa shape index (κ3) is 3.38. The summed E-state index contributed by atoms with van der Waals surface area (Å²) in [5, 5.41) is 9.65. The van der Waals surface area contributed by atoms with Crippen LogP contribution in [0.15, 0.2) is 36.4 Å². The maximum atomic E-state index is 12.4. The van der Waals surface area contributed by atoms with Crippen LogP contribution >= 0.6 is 0 Å². The summed E-state index contributed by atoms with van der Waals surface area (Å²) in [5.41, 5.74) is 0.244. The van der Waals surface area contributed by atoms with Crippen LogP contribution in [0.2, 0.25) is 0 Å². The van der Waals surface area contributed by atoms with Gasteiger partial charge >= 0.3 is 6.18 Å². The van der Waals surface area contributed by atoms with Gasteiger partial charge in [-0.25, -0.2) is 0 Å². The van der Waals surface area contributed by atoms with E-state index in [9.17, 15) is 18.3 Å². The molecule has 4 heteroatoms. The van der Waals surface area contributed by atoms with Gasteiger partial charge in [0, 0.05) is 0 Å². The van der Waals surface area contributed by atoms with Crippen LogP contribution in [0.5, 0.6) is 0 Å². The van der Waals surface area contributed by atoms with Crippen LogP contribution in [0.3, 0.4) is 0 Å². The zero-order valence-corrected chi connectivity index (χ0v) is 8.88. The lowest BCUT2D eigenvalue weighted by Gasteiger charge is -2.13. The van der Waals surface area contributed by atoms with Gasteiger partial charge in [-0.15, -0.1) is 6.58 Å². The molecule has 0 bridgehead atoms. The Morgan fingerprint density at radius 2 is 2.06 bits per heavy atom. The zero-order valence-electron chi connectivity index (χ0n) is 8.88. The van der Waals surface area contributed by atoms with Crippen molar-refractivity contribution in [2.24, 2.45) is 0 Å². The first-order valence-electron chi connectivity index (χ1n) is 4.80. The van der Waals surface area contributed by atoms with Gasteiger partial charge in [0.2, 0.25) is 0 Å². The number of aliphatic hydroxyl groups excluding tert-OH is 1. The minimum atomic E-state index is -4.38. The zero-order chi connectivity index (χ0) is 12.3.